The van der Waals surface area contributed by atoms with E-state index in [1.807, 2.05) is 16.9 Å². The molecular weight excluding hydrogens is 250 g/mol. The molecule has 1 aromatic carbocycles. The van der Waals surface area contributed by atoms with Gasteiger partial charge in [0.15, 0.2) is 0 Å². The van der Waals surface area contributed by atoms with Crippen molar-refractivity contribution in [2.45, 2.75) is 44.4 Å². The van der Waals surface area contributed by atoms with E-state index in [9.17, 15) is 5.11 Å². The average Bonchev–Trinajstić information content (AvgIpc) is 2.95. The molecule has 2 aromatic rings. The van der Waals surface area contributed by atoms with Crippen LogP contribution >= 0.6 is 0 Å². The summed E-state index contributed by atoms with van der Waals surface area (Å²) in [5.74, 6) is 0. The molecule has 0 bridgehead atoms. The van der Waals surface area contributed by atoms with E-state index < -0.39 is 0 Å². The number of hydrogen-bond acceptors (Lipinski definition) is 3. The van der Waals surface area contributed by atoms with Gasteiger partial charge in [0.25, 0.3) is 0 Å². The monoisotopic (exact) mass is 271 g/mol. The van der Waals surface area contributed by atoms with Crippen molar-refractivity contribution in [2.24, 2.45) is 0 Å². The highest BCUT2D eigenvalue weighted by molar-refractivity contribution is 5.46. The second-order valence-corrected chi connectivity index (χ2v) is 5.55. The van der Waals surface area contributed by atoms with Gasteiger partial charge in [-0.25, -0.2) is 0 Å². The molecule has 0 spiro atoms. The third kappa shape index (κ3) is 3.39. The zero-order chi connectivity index (χ0) is 13.8. The van der Waals surface area contributed by atoms with E-state index in [1.165, 1.54) is 5.56 Å². The molecule has 0 radical (unpaired) electrons. The van der Waals surface area contributed by atoms with Gasteiger partial charge in [0, 0.05) is 24.1 Å². The zero-order valence-corrected chi connectivity index (χ0v) is 11.6. The minimum absolute atomic E-state index is 0.0980. The van der Waals surface area contributed by atoms with Crippen LogP contribution < -0.4 is 5.32 Å². The van der Waals surface area contributed by atoms with Gasteiger partial charge < -0.3 is 10.4 Å². The topological polar surface area (TPSA) is 50.1 Å². The first-order valence-electron chi connectivity index (χ1n) is 7.30. The molecule has 4 heteroatoms. The summed E-state index contributed by atoms with van der Waals surface area (Å²) >= 11 is 0. The number of nitrogens with one attached hydrogen (secondary N) is 1. The van der Waals surface area contributed by atoms with Crippen molar-refractivity contribution in [1.82, 2.24) is 9.78 Å². The summed E-state index contributed by atoms with van der Waals surface area (Å²) in [5.41, 5.74) is 2.41. The lowest BCUT2D eigenvalue weighted by Gasteiger charge is -2.27. The van der Waals surface area contributed by atoms with Crippen LogP contribution in [0.15, 0.2) is 42.7 Å². The van der Waals surface area contributed by atoms with E-state index in [4.69, 9.17) is 0 Å². The van der Waals surface area contributed by atoms with Gasteiger partial charge in [0.2, 0.25) is 0 Å². The van der Waals surface area contributed by atoms with Crippen molar-refractivity contribution in [3.8, 4) is 0 Å². The number of rotatable bonds is 4. The Morgan fingerprint density at radius 3 is 2.80 bits per heavy atom. The van der Waals surface area contributed by atoms with Crippen molar-refractivity contribution < 1.29 is 5.11 Å². The number of benzene rings is 1. The highest BCUT2D eigenvalue weighted by atomic mass is 16.3. The van der Waals surface area contributed by atoms with Crippen LogP contribution in [0.5, 0.6) is 0 Å². The summed E-state index contributed by atoms with van der Waals surface area (Å²) < 4.78 is 1.93. The third-order valence-corrected chi connectivity index (χ3v) is 3.90. The van der Waals surface area contributed by atoms with Crippen molar-refractivity contribution in [3.63, 3.8) is 0 Å². The molecular formula is C16H21N3O. The molecule has 0 atom stereocenters. The number of aliphatic hydroxyl groups excluding tert-OH is 1. The molecule has 1 aliphatic carbocycles. The Balaban J connectivity index is 1.62. The third-order valence-electron chi connectivity index (χ3n) is 3.90. The SMILES string of the molecule is OC1CCC(Nc2cccc(Cn3cccn3)c2)CC1. The normalized spacial score (nSPS) is 22.6. The molecule has 1 aromatic heterocycles. The first-order valence-corrected chi connectivity index (χ1v) is 7.30. The number of aliphatic hydroxyl groups is 1. The van der Waals surface area contributed by atoms with Crippen molar-refractivity contribution >= 4 is 5.69 Å². The Morgan fingerprint density at radius 2 is 2.05 bits per heavy atom. The largest absolute Gasteiger partial charge is 0.393 e. The molecule has 1 saturated carbocycles. The van der Waals surface area contributed by atoms with Gasteiger partial charge in [-0.15, -0.1) is 0 Å². The van der Waals surface area contributed by atoms with E-state index in [-0.39, 0.29) is 6.10 Å². The van der Waals surface area contributed by atoms with Crippen molar-refractivity contribution in [3.05, 3.63) is 48.3 Å². The van der Waals surface area contributed by atoms with Gasteiger partial charge in [0.1, 0.15) is 0 Å². The van der Waals surface area contributed by atoms with Crippen molar-refractivity contribution in [1.29, 1.82) is 0 Å². The molecule has 0 aliphatic heterocycles. The summed E-state index contributed by atoms with van der Waals surface area (Å²) in [6.07, 6.45) is 7.59. The standard InChI is InChI=1S/C16H21N3O/c20-16-7-5-14(6-8-16)18-15-4-1-3-13(11-15)12-19-10-2-9-17-19/h1-4,9-11,14,16,18,20H,5-8,12H2. The first-order chi connectivity index (χ1) is 9.79. The molecule has 1 heterocycles. The quantitative estimate of drug-likeness (QED) is 0.899. The maximum atomic E-state index is 9.54. The number of hydrogen-bond donors (Lipinski definition) is 2. The average molecular weight is 271 g/mol. The van der Waals surface area contributed by atoms with Crippen LogP contribution in [0.1, 0.15) is 31.2 Å². The van der Waals surface area contributed by atoms with Gasteiger partial charge in [-0.3, -0.25) is 4.68 Å². The minimum Gasteiger partial charge on any atom is -0.393 e. The molecule has 106 valence electrons. The lowest BCUT2D eigenvalue weighted by Crippen LogP contribution is -2.28. The lowest BCUT2D eigenvalue weighted by molar-refractivity contribution is 0.126. The van der Waals surface area contributed by atoms with Crippen molar-refractivity contribution in [2.75, 3.05) is 5.32 Å². The molecule has 1 fully saturated rings. The zero-order valence-electron chi connectivity index (χ0n) is 11.6. The highest BCUT2D eigenvalue weighted by Crippen LogP contribution is 2.22. The maximum absolute atomic E-state index is 9.54. The molecule has 20 heavy (non-hydrogen) atoms. The van der Waals surface area contributed by atoms with Gasteiger partial charge in [-0.2, -0.15) is 5.10 Å². The van der Waals surface area contributed by atoms with E-state index in [0.29, 0.717) is 6.04 Å². The van der Waals surface area contributed by atoms with E-state index in [0.717, 1.165) is 37.9 Å². The van der Waals surface area contributed by atoms with Gasteiger partial charge in [-0.05, 0) is 49.4 Å². The molecule has 0 amide bonds. The molecule has 3 rings (SSSR count). The molecule has 0 saturated heterocycles. The molecule has 0 unspecified atom stereocenters. The van der Waals surface area contributed by atoms with Crippen LogP contribution in [-0.4, -0.2) is 27.0 Å². The van der Waals surface area contributed by atoms with Crippen LogP contribution in [0.4, 0.5) is 5.69 Å². The second-order valence-electron chi connectivity index (χ2n) is 5.55. The molecule has 4 nitrogen and oxygen atoms in total. The fourth-order valence-electron chi connectivity index (χ4n) is 2.80. The minimum atomic E-state index is -0.0980. The van der Waals surface area contributed by atoms with Gasteiger partial charge in [0.05, 0.1) is 12.6 Å². The summed E-state index contributed by atoms with van der Waals surface area (Å²) in [4.78, 5) is 0. The van der Waals surface area contributed by atoms with E-state index in [2.05, 4.69) is 34.7 Å². The Morgan fingerprint density at radius 1 is 1.20 bits per heavy atom. The van der Waals surface area contributed by atoms with Gasteiger partial charge >= 0.3 is 0 Å². The molecule has 1 aliphatic rings. The van der Waals surface area contributed by atoms with E-state index >= 15 is 0 Å². The van der Waals surface area contributed by atoms with Crippen LogP contribution in [0.25, 0.3) is 0 Å². The predicted molar refractivity (Wildman–Crippen MR) is 79.7 cm³/mol. The van der Waals surface area contributed by atoms with Crippen LogP contribution in [0.2, 0.25) is 0 Å². The maximum Gasteiger partial charge on any atom is 0.0660 e. The van der Waals surface area contributed by atoms with E-state index in [1.54, 1.807) is 6.20 Å². The number of aromatic nitrogens is 2. The predicted octanol–water partition coefficient (Wildman–Crippen LogP) is 2.65. The fourth-order valence-corrected chi connectivity index (χ4v) is 2.80. The summed E-state index contributed by atoms with van der Waals surface area (Å²) in [6, 6.07) is 10.9. The van der Waals surface area contributed by atoms with Crippen LogP contribution in [-0.2, 0) is 6.54 Å². The summed E-state index contributed by atoms with van der Waals surface area (Å²) in [7, 11) is 0. The van der Waals surface area contributed by atoms with Gasteiger partial charge in [-0.1, -0.05) is 12.1 Å². The Kier molecular flexibility index (Phi) is 4.02. The molecule has 2 N–H and O–H groups in total. The summed E-state index contributed by atoms with van der Waals surface area (Å²) in [5, 5.41) is 17.4. The van der Waals surface area contributed by atoms with Crippen LogP contribution in [0, 0.1) is 0 Å². The fraction of sp³-hybridized carbons (Fsp3) is 0.438. The Hall–Kier alpha value is -1.81. The lowest BCUT2D eigenvalue weighted by atomic mass is 9.93. The first kappa shape index (κ1) is 13.2. The summed E-state index contributed by atoms with van der Waals surface area (Å²) in [6.45, 7) is 0.798. The smallest absolute Gasteiger partial charge is 0.0660 e. The Bertz CT molecular complexity index is 530. The highest BCUT2D eigenvalue weighted by Gasteiger charge is 2.18. The second kappa shape index (κ2) is 6.09. The van der Waals surface area contributed by atoms with Crippen LogP contribution in [0.3, 0.4) is 0 Å². The number of nitrogens with zero attached hydrogens (tertiary/aromatic N) is 2. The Labute approximate surface area is 119 Å². The number of anilines is 1.